The number of anilines is 3. The lowest BCUT2D eigenvalue weighted by atomic mass is 10.2. The van der Waals surface area contributed by atoms with Crippen molar-refractivity contribution in [3.05, 3.63) is 48.4 Å². The number of benzene rings is 1. The third-order valence-corrected chi connectivity index (χ3v) is 2.91. The topological polar surface area (TPSA) is 54.2 Å². The van der Waals surface area contributed by atoms with Crippen LogP contribution in [0.2, 0.25) is 0 Å². The van der Waals surface area contributed by atoms with Crippen LogP contribution in [0, 0.1) is 6.92 Å². The van der Waals surface area contributed by atoms with E-state index >= 15 is 0 Å². The molecule has 96 valence electrons. The van der Waals surface area contributed by atoms with Crippen molar-refractivity contribution in [2.75, 3.05) is 17.7 Å². The molecule has 0 fully saturated rings. The highest BCUT2D eigenvalue weighted by Gasteiger charge is 2.07. The van der Waals surface area contributed by atoms with E-state index in [0.717, 1.165) is 23.0 Å². The van der Waals surface area contributed by atoms with Crippen molar-refractivity contribution in [1.82, 2.24) is 14.4 Å². The Kier molecular flexibility index (Phi) is 2.79. The Balaban J connectivity index is 2.06. The molecule has 0 saturated heterocycles. The zero-order valence-electron chi connectivity index (χ0n) is 10.9. The molecule has 0 atom stereocenters. The molecule has 0 aliphatic carbocycles. The Morgan fingerprint density at radius 1 is 1.26 bits per heavy atom. The molecular weight excluding hydrogens is 238 g/mol. The molecule has 0 spiro atoms. The minimum absolute atomic E-state index is 0.738. The fourth-order valence-corrected chi connectivity index (χ4v) is 2.00. The summed E-state index contributed by atoms with van der Waals surface area (Å²) in [4.78, 5) is 8.83. The van der Waals surface area contributed by atoms with Gasteiger partial charge in [0.2, 0.25) is 0 Å². The number of hydrogen-bond acceptors (Lipinski definition) is 4. The van der Waals surface area contributed by atoms with Gasteiger partial charge in [0.15, 0.2) is 11.5 Å². The molecule has 0 amide bonds. The molecule has 3 aromatic rings. The smallest absolute Gasteiger partial charge is 0.180 e. The molecule has 0 bridgehead atoms. The third-order valence-electron chi connectivity index (χ3n) is 2.91. The van der Waals surface area contributed by atoms with Crippen LogP contribution in [0.25, 0.3) is 5.65 Å². The molecule has 0 unspecified atom stereocenters. The van der Waals surface area contributed by atoms with E-state index in [-0.39, 0.29) is 0 Å². The van der Waals surface area contributed by atoms with Crippen molar-refractivity contribution in [2.45, 2.75) is 6.92 Å². The second kappa shape index (κ2) is 4.61. The summed E-state index contributed by atoms with van der Waals surface area (Å²) in [5.41, 5.74) is 3.01. The van der Waals surface area contributed by atoms with E-state index in [1.165, 1.54) is 5.56 Å². The zero-order chi connectivity index (χ0) is 13.2. The first-order valence-corrected chi connectivity index (χ1v) is 6.11. The van der Waals surface area contributed by atoms with Crippen molar-refractivity contribution in [3.63, 3.8) is 0 Å². The lowest BCUT2D eigenvalue weighted by Gasteiger charge is -2.09. The van der Waals surface area contributed by atoms with Crippen LogP contribution in [0.1, 0.15) is 5.56 Å². The SMILES string of the molecule is CNc1cn2ccnc2c(Nc2cccc(C)c2)n1. The van der Waals surface area contributed by atoms with Crippen LogP contribution < -0.4 is 10.6 Å². The molecule has 2 aromatic heterocycles. The summed E-state index contributed by atoms with van der Waals surface area (Å²) in [7, 11) is 1.85. The summed E-state index contributed by atoms with van der Waals surface area (Å²) in [6.45, 7) is 2.06. The normalized spacial score (nSPS) is 10.6. The number of fused-ring (bicyclic) bond motifs is 1. The summed E-state index contributed by atoms with van der Waals surface area (Å²) >= 11 is 0. The molecule has 1 aromatic carbocycles. The van der Waals surface area contributed by atoms with Crippen LogP contribution in [-0.4, -0.2) is 21.4 Å². The van der Waals surface area contributed by atoms with Gasteiger partial charge in [-0.3, -0.25) is 0 Å². The van der Waals surface area contributed by atoms with Gasteiger partial charge in [-0.25, -0.2) is 9.97 Å². The van der Waals surface area contributed by atoms with Crippen LogP contribution in [0.5, 0.6) is 0 Å². The molecule has 19 heavy (non-hydrogen) atoms. The van der Waals surface area contributed by atoms with E-state index < -0.39 is 0 Å². The van der Waals surface area contributed by atoms with Crippen molar-refractivity contribution in [1.29, 1.82) is 0 Å². The maximum absolute atomic E-state index is 4.51. The number of nitrogens with one attached hydrogen (secondary N) is 2. The van der Waals surface area contributed by atoms with Gasteiger partial charge in [0.05, 0.1) is 6.20 Å². The highest BCUT2D eigenvalue weighted by Crippen LogP contribution is 2.21. The summed E-state index contributed by atoms with van der Waals surface area (Å²) in [6.07, 6.45) is 5.57. The second-order valence-corrected chi connectivity index (χ2v) is 4.38. The van der Waals surface area contributed by atoms with Crippen molar-refractivity contribution < 1.29 is 0 Å². The fraction of sp³-hybridized carbons (Fsp3) is 0.143. The fourth-order valence-electron chi connectivity index (χ4n) is 2.00. The van der Waals surface area contributed by atoms with E-state index in [4.69, 9.17) is 0 Å². The van der Waals surface area contributed by atoms with Crippen LogP contribution in [0.15, 0.2) is 42.9 Å². The number of nitrogens with zero attached hydrogens (tertiary/aromatic N) is 3. The molecule has 3 rings (SSSR count). The van der Waals surface area contributed by atoms with Crippen LogP contribution in [-0.2, 0) is 0 Å². The lowest BCUT2D eigenvalue weighted by molar-refractivity contribution is 1.12. The van der Waals surface area contributed by atoms with Gasteiger partial charge in [-0.1, -0.05) is 12.1 Å². The maximum Gasteiger partial charge on any atom is 0.180 e. The Hall–Kier alpha value is -2.56. The molecule has 5 heteroatoms. The number of imidazole rings is 1. The highest BCUT2D eigenvalue weighted by molar-refractivity contribution is 5.71. The molecule has 5 nitrogen and oxygen atoms in total. The van der Waals surface area contributed by atoms with Crippen LogP contribution in [0.3, 0.4) is 0 Å². The van der Waals surface area contributed by atoms with Gasteiger partial charge in [-0.15, -0.1) is 0 Å². The van der Waals surface area contributed by atoms with Gasteiger partial charge in [-0.05, 0) is 24.6 Å². The summed E-state index contributed by atoms with van der Waals surface area (Å²) in [6, 6.07) is 8.17. The Morgan fingerprint density at radius 2 is 2.16 bits per heavy atom. The Morgan fingerprint density at radius 3 is 2.95 bits per heavy atom. The van der Waals surface area contributed by atoms with E-state index in [1.54, 1.807) is 6.20 Å². The summed E-state index contributed by atoms with van der Waals surface area (Å²) < 4.78 is 1.94. The van der Waals surface area contributed by atoms with Gasteiger partial charge in [0.1, 0.15) is 5.82 Å². The third kappa shape index (κ3) is 2.22. The molecule has 0 aliphatic rings. The molecular formula is C14H15N5. The molecule has 0 radical (unpaired) electrons. The number of hydrogen-bond donors (Lipinski definition) is 2. The Labute approximate surface area is 111 Å². The minimum Gasteiger partial charge on any atom is -0.372 e. The summed E-state index contributed by atoms with van der Waals surface area (Å²) in [5, 5.41) is 6.36. The van der Waals surface area contributed by atoms with Gasteiger partial charge < -0.3 is 15.0 Å². The van der Waals surface area contributed by atoms with Gasteiger partial charge in [0, 0.05) is 25.1 Å². The quantitative estimate of drug-likeness (QED) is 0.753. The lowest BCUT2D eigenvalue weighted by Crippen LogP contribution is -2.02. The highest BCUT2D eigenvalue weighted by atomic mass is 15.1. The number of aryl methyl sites for hydroxylation is 1. The van der Waals surface area contributed by atoms with Crippen LogP contribution >= 0.6 is 0 Å². The average molecular weight is 253 g/mol. The molecule has 0 aliphatic heterocycles. The van der Waals surface area contributed by atoms with E-state index in [1.807, 2.05) is 36.0 Å². The minimum atomic E-state index is 0.738. The predicted octanol–water partition coefficient (Wildman–Crippen LogP) is 2.82. The maximum atomic E-state index is 4.51. The summed E-state index contributed by atoms with van der Waals surface area (Å²) in [5.74, 6) is 1.53. The zero-order valence-corrected chi connectivity index (χ0v) is 10.9. The van der Waals surface area contributed by atoms with Gasteiger partial charge >= 0.3 is 0 Å². The molecule has 2 N–H and O–H groups in total. The molecule has 2 heterocycles. The van der Waals surface area contributed by atoms with Crippen molar-refractivity contribution in [3.8, 4) is 0 Å². The van der Waals surface area contributed by atoms with E-state index in [0.29, 0.717) is 0 Å². The van der Waals surface area contributed by atoms with Gasteiger partial charge in [-0.2, -0.15) is 0 Å². The van der Waals surface area contributed by atoms with E-state index in [2.05, 4.69) is 39.7 Å². The van der Waals surface area contributed by atoms with Crippen LogP contribution in [0.4, 0.5) is 17.3 Å². The first-order valence-electron chi connectivity index (χ1n) is 6.11. The predicted molar refractivity (Wildman–Crippen MR) is 77.0 cm³/mol. The van der Waals surface area contributed by atoms with Crippen molar-refractivity contribution >= 4 is 23.0 Å². The van der Waals surface area contributed by atoms with Crippen molar-refractivity contribution in [2.24, 2.45) is 0 Å². The molecule has 0 saturated carbocycles. The monoisotopic (exact) mass is 253 g/mol. The first kappa shape index (κ1) is 11.5. The first-order chi connectivity index (χ1) is 9.26. The largest absolute Gasteiger partial charge is 0.372 e. The number of aromatic nitrogens is 3. The second-order valence-electron chi connectivity index (χ2n) is 4.38. The van der Waals surface area contributed by atoms with Gasteiger partial charge in [0.25, 0.3) is 0 Å². The standard InChI is InChI=1S/C14H15N5/c1-10-4-3-5-11(8-10)17-13-14-16-6-7-19(14)9-12(15-2)18-13/h3-9,15H,1-2H3,(H,17,18). The van der Waals surface area contributed by atoms with E-state index in [9.17, 15) is 0 Å². The average Bonchev–Trinajstić information content (AvgIpc) is 2.87. The number of rotatable bonds is 3. The Bertz CT molecular complexity index is 717.